The molecule has 82 valence electrons. The number of carbonyl (C=O) groups excluding carboxylic acids is 1. The maximum Gasteiger partial charge on any atom is 0.404 e. The number of primary amides is 1. The predicted octanol–water partition coefficient (Wildman–Crippen LogP) is 0.745. The van der Waals surface area contributed by atoms with E-state index < -0.39 is 6.09 Å². The maximum atomic E-state index is 10.4. The minimum Gasteiger partial charge on any atom is -0.449 e. The van der Waals surface area contributed by atoms with Crippen LogP contribution in [0.3, 0.4) is 0 Å². The van der Waals surface area contributed by atoms with Gasteiger partial charge in [-0.15, -0.1) is 0 Å². The molecular weight excluding hydrogens is 184 g/mol. The van der Waals surface area contributed by atoms with Gasteiger partial charge in [-0.1, -0.05) is 0 Å². The topological polar surface area (TPSA) is 64.8 Å². The molecule has 5 nitrogen and oxygen atoms in total. The van der Waals surface area contributed by atoms with Crippen LogP contribution in [0.2, 0.25) is 0 Å². The third-order valence-corrected chi connectivity index (χ3v) is 2.35. The van der Waals surface area contributed by atoms with E-state index in [1.54, 1.807) is 0 Å². The average Bonchev–Trinajstić information content (AvgIpc) is 2.17. The van der Waals surface area contributed by atoms with E-state index in [1.165, 1.54) is 0 Å². The highest BCUT2D eigenvalue weighted by Crippen LogP contribution is 2.17. The van der Waals surface area contributed by atoms with E-state index in [4.69, 9.17) is 15.3 Å². The number of amides is 1. The second kappa shape index (κ2) is 5.82. The molecule has 1 aliphatic heterocycles. The lowest BCUT2D eigenvalue weighted by molar-refractivity contribution is -0.171. The smallest absolute Gasteiger partial charge is 0.404 e. The molecule has 1 amide bonds. The molecule has 1 aliphatic rings. The standard InChI is InChI=1S/C9H18N2O3/c1-2-14-11-5-3-8(4-6-11)7-13-9(10)12/h8H,2-7H2,1H3,(H2,10,12). The molecule has 2 N–H and O–H groups in total. The first-order valence-corrected chi connectivity index (χ1v) is 5.02. The summed E-state index contributed by atoms with van der Waals surface area (Å²) in [5.74, 6) is 0.430. The molecule has 0 aromatic rings. The van der Waals surface area contributed by atoms with Crippen molar-refractivity contribution >= 4 is 6.09 Å². The van der Waals surface area contributed by atoms with Gasteiger partial charge in [0.25, 0.3) is 0 Å². The van der Waals surface area contributed by atoms with E-state index in [0.717, 1.165) is 25.9 Å². The van der Waals surface area contributed by atoms with Gasteiger partial charge in [-0.3, -0.25) is 4.84 Å². The number of hydrogen-bond donors (Lipinski definition) is 1. The van der Waals surface area contributed by atoms with Crippen molar-refractivity contribution in [1.29, 1.82) is 0 Å². The van der Waals surface area contributed by atoms with Gasteiger partial charge in [-0.05, 0) is 25.7 Å². The maximum absolute atomic E-state index is 10.4. The zero-order chi connectivity index (χ0) is 10.4. The fourth-order valence-electron chi connectivity index (χ4n) is 1.59. The van der Waals surface area contributed by atoms with Gasteiger partial charge in [0.05, 0.1) is 13.2 Å². The van der Waals surface area contributed by atoms with Crippen LogP contribution < -0.4 is 5.73 Å². The van der Waals surface area contributed by atoms with Crippen LogP contribution in [0.5, 0.6) is 0 Å². The number of rotatable bonds is 4. The molecule has 0 spiro atoms. The molecule has 1 saturated heterocycles. The molecular formula is C9H18N2O3. The third-order valence-electron chi connectivity index (χ3n) is 2.35. The second-order valence-electron chi connectivity index (χ2n) is 3.42. The summed E-state index contributed by atoms with van der Waals surface area (Å²) in [5.41, 5.74) is 4.89. The third kappa shape index (κ3) is 3.93. The summed E-state index contributed by atoms with van der Waals surface area (Å²) in [6.07, 6.45) is 1.30. The Morgan fingerprint density at radius 3 is 2.64 bits per heavy atom. The Balaban J connectivity index is 2.12. The summed E-state index contributed by atoms with van der Waals surface area (Å²) >= 11 is 0. The van der Waals surface area contributed by atoms with Gasteiger partial charge in [-0.2, -0.15) is 5.06 Å². The number of nitrogens with two attached hydrogens (primary N) is 1. The first-order chi connectivity index (χ1) is 6.72. The number of piperidine rings is 1. The minimum atomic E-state index is -0.683. The molecule has 1 rings (SSSR count). The summed E-state index contributed by atoms with van der Waals surface area (Å²) < 4.78 is 4.76. The zero-order valence-corrected chi connectivity index (χ0v) is 8.57. The van der Waals surface area contributed by atoms with Crippen molar-refractivity contribution in [3.8, 4) is 0 Å². The van der Waals surface area contributed by atoms with E-state index >= 15 is 0 Å². The van der Waals surface area contributed by atoms with Crippen LogP contribution in [-0.2, 0) is 9.57 Å². The quantitative estimate of drug-likeness (QED) is 0.730. The van der Waals surface area contributed by atoms with Crippen LogP contribution in [0.1, 0.15) is 19.8 Å². The average molecular weight is 202 g/mol. The molecule has 0 saturated carbocycles. The number of ether oxygens (including phenoxy) is 1. The molecule has 0 unspecified atom stereocenters. The largest absolute Gasteiger partial charge is 0.449 e. The Kier molecular flexibility index (Phi) is 4.69. The SMILES string of the molecule is CCON1CCC(COC(N)=O)CC1. The lowest BCUT2D eigenvalue weighted by Crippen LogP contribution is -2.35. The predicted molar refractivity (Wildman–Crippen MR) is 51.5 cm³/mol. The van der Waals surface area contributed by atoms with Crippen molar-refractivity contribution in [3.63, 3.8) is 0 Å². The van der Waals surface area contributed by atoms with Crippen molar-refractivity contribution in [2.75, 3.05) is 26.3 Å². The van der Waals surface area contributed by atoms with Crippen LogP contribution in [0.15, 0.2) is 0 Å². The molecule has 1 heterocycles. The van der Waals surface area contributed by atoms with Crippen molar-refractivity contribution in [2.24, 2.45) is 11.7 Å². The van der Waals surface area contributed by atoms with E-state index in [1.807, 2.05) is 12.0 Å². The summed E-state index contributed by atoms with van der Waals surface area (Å²) in [6, 6.07) is 0. The van der Waals surface area contributed by atoms with Crippen molar-refractivity contribution in [2.45, 2.75) is 19.8 Å². The number of hydrogen-bond acceptors (Lipinski definition) is 4. The van der Waals surface area contributed by atoms with Crippen molar-refractivity contribution < 1.29 is 14.4 Å². The van der Waals surface area contributed by atoms with Gasteiger partial charge in [-0.25, -0.2) is 4.79 Å². The fraction of sp³-hybridized carbons (Fsp3) is 0.889. The second-order valence-corrected chi connectivity index (χ2v) is 3.42. The molecule has 0 bridgehead atoms. The van der Waals surface area contributed by atoms with Gasteiger partial charge in [0.1, 0.15) is 0 Å². The minimum absolute atomic E-state index is 0.430. The molecule has 1 fully saturated rings. The first-order valence-electron chi connectivity index (χ1n) is 5.02. The summed E-state index contributed by atoms with van der Waals surface area (Å²) in [7, 11) is 0. The number of nitrogens with zero attached hydrogens (tertiary/aromatic N) is 1. The molecule has 5 heteroatoms. The fourth-order valence-corrected chi connectivity index (χ4v) is 1.59. The van der Waals surface area contributed by atoms with E-state index in [9.17, 15) is 4.79 Å². The highest BCUT2D eigenvalue weighted by atomic mass is 16.7. The summed E-state index contributed by atoms with van der Waals surface area (Å²) in [4.78, 5) is 15.7. The number of carbonyl (C=O) groups is 1. The molecule has 0 aromatic carbocycles. The van der Waals surface area contributed by atoms with Crippen molar-refractivity contribution in [1.82, 2.24) is 5.06 Å². The highest BCUT2D eigenvalue weighted by Gasteiger charge is 2.20. The highest BCUT2D eigenvalue weighted by molar-refractivity contribution is 5.64. The van der Waals surface area contributed by atoms with Crippen LogP contribution in [0.25, 0.3) is 0 Å². The Labute approximate surface area is 84.1 Å². The van der Waals surface area contributed by atoms with Gasteiger partial charge in [0.2, 0.25) is 0 Å². The van der Waals surface area contributed by atoms with E-state index in [2.05, 4.69) is 0 Å². The molecule has 0 aromatic heterocycles. The Morgan fingerprint density at radius 1 is 1.50 bits per heavy atom. The monoisotopic (exact) mass is 202 g/mol. The Hall–Kier alpha value is -0.810. The molecule has 14 heavy (non-hydrogen) atoms. The van der Waals surface area contributed by atoms with Crippen LogP contribution in [0.4, 0.5) is 4.79 Å². The van der Waals surface area contributed by atoms with Gasteiger partial charge in [0, 0.05) is 13.1 Å². The zero-order valence-electron chi connectivity index (χ0n) is 8.57. The van der Waals surface area contributed by atoms with Gasteiger partial charge < -0.3 is 10.5 Å². The number of hydroxylamine groups is 2. The van der Waals surface area contributed by atoms with Gasteiger partial charge in [0.15, 0.2) is 0 Å². The Bertz CT molecular complexity index is 179. The van der Waals surface area contributed by atoms with E-state index in [-0.39, 0.29) is 0 Å². The summed E-state index contributed by atoms with van der Waals surface area (Å²) in [6.45, 7) is 4.93. The Morgan fingerprint density at radius 2 is 2.14 bits per heavy atom. The van der Waals surface area contributed by atoms with Crippen LogP contribution >= 0.6 is 0 Å². The van der Waals surface area contributed by atoms with Crippen LogP contribution in [-0.4, -0.2) is 37.5 Å². The lowest BCUT2D eigenvalue weighted by Gasteiger charge is -2.30. The van der Waals surface area contributed by atoms with Crippen LogP contribution in [0, 0.1) is 5.92 Å². The van der Waals surface area contributed by atoms with Crippen molar-refractivity contribution in [3.05, 3.63) is 0 Å². The molecule has 0 aliphatic carbocycles. The lowest BCUT2D eigenvalue weighted by atomic mass is 9.99. The normalized spacial score (nSPS) is 19.5. The van der Waals surface area contributed by atoms with E-state index in [0.29, 0.717) is 19.1 Å². The molecule has 0 atom stereocenters. The first kappa shape index (κ1) is 11.3. The summed E-state index contributed by atoms with van der Waals surface area (Å²) in [5, 5.41) is 1.96. The molecule has 0 radical (unpaired) electrons. The van der Waals surface area contributed by atoms with Gasteiger partial charge >= 0.3 is 6.09 Å².